The molecule has 3 heteroatoms. The molecule has 0 fully saturated rings. The minimum atomic E-state index is -0.923. The highest BCUT2D eigenvalue weighted by atomic mass is 16.6. The molecule has 1 aliphatic rings. The molecule has 1 aromatic rings. The fourth-order valence-electron chi connectivity index (χ4n) is 2.10. The third-order valence-electron chi connectivity index (χ3n) is 2.81. The van der Waals surface area contributed by atoms with Crippen LogP contribution in [0.2, 0.25) is 0 Å². The number of ether oxygens (including phenoxy) is 1. The van der Waals surface area contributed by atoms with Crippen molar-refractivity contribution in [1.29, 1.82) is 0 Å². The molecular weight excluding hydrogens is 180 g/mol. The SMILES string of the molecule is COC(O)C1c2ccccc2CC1O. The minimum absolute atomic E-state index is 0.309. The maximum Gasteiger partial charge on any atom is 0.163 e. The smallest absolute Gasteiger partial charge is 0.163 e. The Morgan fingerprint density at radius 2 is 2.14 bits per heavy atom. The Labute approximate surface area is 83.0 Å². The van der Waals surface area contributed by atoms with Gasteiger partial charge in [-0.05, 0) is 17.5 Å². The number of rotatable bonds is 2. The summed E-state index contributed by atoms with van der Waals surface area (Å²) in [6.45, 7) is 0. The molecule has 0 bridgehead atoms. The van der Waals surface area contributed by atoms with Crippen LogP contribution >= 0.6 is 0 Å². The van der Waals surface area contributed by atoms with E-state index in [1.807, 2.05) is 24.3 Å². The average molecular weight is 194 g/mol. The average Bonchev–Trinajstić information content (AvgIpc) is 2.53. The van der Waals surface area contributed by atoms with E-state index in [0.29, 0.717) is 6.42 Å². The van der Waals surface area contributed by atoms with Crippen molar-refractivity contribution in [2.75, 3.05) is 7.11 Å². The number of fused-ring (bicyclic) bond motifs is 1. The molecule has 14 heavy (non-hydrogen) atoms. The molecule has 1 aromatic carbocycles. The third-order valence-corrected chi connectivity index (χ3v) is 2.81. The minimum Gasteiger partial charge on any atom is -0.392 e. The molecule has 0 aliphatic heterocycles. The summed E-state index contributed by atoms with van der Waals surface area (Å²) in [4.78, 5) is 0. The van der Waals surface area contributed by atoms with Crippen molar-refractivity contribution in [2.45, 2.75) is 24.7 Å². The Hall–Kier alpha value is -0.900. The first-order chi connectivity index (χ1) is 6.74. The summed E-state index contributed by atoms with van der Waals surface area (Å²) in [7, 11) is 1.44. The quantitative estimate of drug-likeness (QED) is 0.680. The molecule has 76 valence electrons. The number of hydrogen-bond donors (Lipinski definition) is 2. The Morgan fingerprint density at radius 1 is 1.43 bits per heavy atom. The fraction of sp³-hybridized carbons (Fsp3) is 0.455. The molecule has 0 spiro atoms. The molecular formula is C11H14O3. The molecule has 0 heterocycles. The lowest BCUT2D eigenvalue weighted by atomic mass is 9.99. The summed E-state index contributed by atoms with van der Waals surface area (Å²) in [5.74, 6) is -0.309. The molecule has 0 amide bonds. The Bertz CT molecular complexity index is 320. The van der Waals surface area contributed by atoms with Crippen molar-refractivity contribution in [3.05, 3.63) is 35.4 Å². The van der Waals surface area contributed by atoms with Crippen LogP contribution in [0.4, 0.5) is 0 Å². The van der Waals surface area contributed by atoms with Crippen LogP contribution in [0.25, 0.3) is 0 Å². The van der Waals surface area contributed by atoms with Crippen LogP contribution in [-0.2, 0) is 11.2 Å². The lowest BCUT2D eigenvalue weighted by Gasteiger charge is -2.20. The lowest BCUT2D eigenvalue weighted by Crippen LogP contribution is -2.27. The molecule has 0 radical (unpaired) electrons. The van der Waals surface area contributed by atoms with Gasteiger partial charge in [0.05, 0.1) is 12.0 Å². The summed E-state index contributed by atoms with van der Waals surface area (Å²) < 4.78 is 4.86. The van der Waals surface area contributed by atoms with Gasteiger partial charge in [0.1, 0.15) is 0 Å². The maximum atomic E-state index is 9.77. The summed E-state index contributed by atoms with van der Waals surface area (Å²) in [6, 6.07) is 7.75. The van der Waals surface area contributed by atoms with Crippen molar-refractivity contribution in [3.8, 4) is 0 Å². The normalized spacial score (nSPS) is 27.4. The molecule has 0 saturated carbocycles. The number of aliphatic hydroxyl groups excluding tert-OH is 2. The molecule has 0 aromatic heterocycles. The van der Waals surface area contributed by atoms with E-state index >= 15 is 0 Å². The predicted molar refractivity (Wildman–Crippen MR) is 51.9 cm³/mol. The Balaban J connectivity index is 2.34. The highest BCUT2D eigenvalue weighted by Crippen LogP contribution is 2.35. The van der Waals surface area contributed by atoms with Gasteiger partial charge in [-0.2, -0.15) is 0 Å². The summed E-state index contributed by atoms with van der Waals surface area (Å²) in [6.07, 6.45) is -0.864. The van der Waals surface area contributed by atoms with E-state index in [4.69, 9.17) is 4.74 Å². The summed E-state index contributed by atoms with van der Waals surface area (Å²) >= 11 is 0. The van der Waals surface area contributed by atoms with E-state index in [2.05, 4.69) is 0 Å². The second-order valence-electron chi connectivity index (χ2n) is 3.62. The predicted octanol–water partition coefficient (Wildman–Crippen LogP) is 0.652. The van der Waals surface area contributed by atoms with Crippen LogP contribution in [-0.4, -0.2) is 29.7 Å². The van der Waals surface area contributed by atoms with Gasteiger partial charge in [-0.25, -0.2) is 0 Å². The standard InChI is InChI=1S/C11H14O3/c1-14-11(13)10-8-5-3-2-4-7(8)6-9(10)12/h2-5,9-13H,6H2,1H3. The van der Waals surface area contributed by atoms with Crippen LogP contribution in [0.3, 0.4) is 0 Å². The molecule has 2 N–H and O–H groups in total. The van der Waals surface area contributed by atoms with Gasteiger partial charge in [0.15, 0.2) is 6.29 Å². The van der Waals surface area contributed by atoms with E-state index in [1.54, 1.807) is 0 Å². The zero-order valence-corrected chi connectivity index (χ0v) is 8.05. The second kappa shape index (κ2) is 3.69. The first kappa shape index (κ1) is 9.65. The van der Waals surface area contributed by atoms with Crippen molar-refractivity contribution in [3.63, 3.8) is 0 Å². The number of hydrogen-bond acceptors (Lipinski definition) is 3. The van der Waals surface area contributed by atoms with E-state index < -0.39 is 12.4 Å². The zero-order chi connectivity index (χ0) is 10.1. The maximum absolute atomic E-state index is 9.77. The summed E-state index contributed by atoms with van der Waals surface area (Å²) in [5, 5.41) is 19.4. The molecule has 1 aliphatic carbocycles. The van der Waals surface area contributed by atoms with Crippen LogP contribution in [0.5, 0.6) is 0 Å². The van der Waals surface area contributed by atoms with E-state index in [1.165, 1.54) is 7.11 Å². The fourth-order valence-corrected chi connectivity index (χ4v) is 2.10. The largest absolute Gasteiger partial charge is 0.392 e. The van der Waals surface area contributed by atoms with Gasteiger partial charge in [0.2, 0.25) is 0 Å². The van der Waals surface area contributed by atoms with Gasteiger partial charge < -0.3 is 14.9 Å². The molecule has 3 nitrogen and oxygen atoms in total. The highest BCUT2D eigenvalue weighted by molar-refractivity contribution is 5.37. The van der Waals surface area contributed by atoms with Gasteiger partial charge >= 0.3 is 0 Å². The molecule has 3 atom stereocenters. The van der Waals surface area contributed by atoms with Crippen molar-refractivity contribution < 1.29 is 14.9 Å². The first-order valence-electron chi connectivity index (χ1n) is 4.70. The van der Waals surface area contributed by atoms with E-state index in [9.17, 15) is 10.2 Å². The second-order valence-corrected chi connectivity index (χ2v) is 3.62. The van der Waals surface area contributed by atoms with Crippen molar-refractivity contribution >= 4 is 0 Å². The Kier molecular flexibility index (Phi) is 2.54. The summed E-state index contributed by atoms with van der Waals surface area (Å²) in [5.41, 5.74) is 2.09. The topological polar surface area (TPSA) is 49.7 Å². The van der Waals surface area contributed by atoms with E-state index in [-0.39, 0.29) is 5.92 Å². The molecule has 2 rings (SSSR count). The lowest BCUT2D eigenvalue weighted by molar-refractivity contribution is -0.111. The number of benzene rings is 1. The van der Waals surface area contributed by atoms with Gasteiger partial charge in [-0.15, -0.1) is 0 Å². The Morgan fingerprint density at radius 3 is 2.86 bits per heavy atom. The van der Waals surface area contributed by atoms with Gasteiger partial charge in [0.25, 0.3) is 0 Å². The first-order valence-corrected chi connectivity index (χ1v) is 4.70. The highest BCUT2D eigenvalue weighted by Gasteiger charge is 2.35. The molecule has 0 saturated heterocycles. The van der Waals surface area contributed by atoms with Crippen LogP contribution in [0.1, 0.15) is 17.0 Å². The van der Waals surface area contributed by atoms with Crippen LogP contribution < -0.4 is 0 Å². The number of aliphatic hydroxyl groups is 2. The van der Waals surface area contributed by atoms with Gasteiger partial charge in [0, 0.05) is 7.11 Å². The van der Waals surface area contributed by atoms with Crippen LogP contribution in [0.15, 0.2) is 24.3 Å². The number of methoxy groups -OCH3 is 1. The molecule has 3 unspecified atom stereocenters. The van der Waals surface area contributed by atoms with Gasteiger partial charge in [-0.1, -0.05) is 24.3 Å². The third kappa shape index (κ3) is 1.43. The van der Waals surface area contributed by atoms with Crippen LogP contribution in [0, 0.1) is 0 Å². The monoisotopic (exact) mass is 194 g/mol. The zero-order valence-electron chi connectivity index (χ0n) is 8.05. The van der Waals surface area contributed by atoms with Crippen molar-refractivity contribution in [2.24, 2.45) is 0 Å². The van der Waals surface area contributed by atoms with Crippen molar-refractivity contribution in [1.82, 2.24) is 0 Å². The van der Waals surface area contributed by atoms with Gasteiger partial charge in [-0.3, -0.25) is 0 Å². The van der Waals surface area contributed by atoms with E-state index in [0.717, 1.165) is 11.1 Å².